The number of carbonyl (C=O) groups is 1. The van der Waals surface area contributed by atoms with E-state index in [1.807, 2.05) is 0 Å². The van der Waals surface area contributed by atoms with Crippen LogP contribution in [0, 0.1) is 0 Å². The highest BCUT2D eigenvalue weighted by Gasteiger charge is 2.38. The summed E-state index contributed by atoms with van der Waals surface area (Å²) >= 11 is 0. The topological polar surface area (TPSA) is 78.3 Å². The molecule has 0 saturated carbocycles. The summed E-state index contributed by atoms with van der Waals surface area (Å²) in [6, 6.07) is 2.63. The van der Waals surface area contributed by atoms with Gasteiger partial charge in [-0.2, -0.15) is 26.3 Å². The lowest BCUT2D eigenvalue weighted by Gasteiger charge is -2.24. The van der Waals surface area contributed by atoms with Gasteiger partial charge in [0.1, 0.15) is 17.7 Å². The predicted octanol–water partition coefficient (Wildman–Crippen LogP) is 3.09. The van der Waals surface area contributed by atoms with Crippen molar-refractivity contribution >= 4 is 17.5 Å². The Morgan fingerprint density at radius 1 is 1.00 bits per heavy atom. The Hall–Kier alpha value is -2.89. The molecule has 1 aliphatic heterocycles. The Balaban J connectivity index is 1.75. The smallest absolute Gasteiger partial charge is 0.391 e. The number of pyridine rings is 2. The molecule has 3 rings (SSSR count). The molecular formula is C17H14F6N4O2. The third-order valence-electron chi connectivity index (χ3n) is 4.29. The molecule has 2 atom stereocenters. The highest BCUT2D eigenvalue weighted by Crippen LogP contribution is 2.32. The van der Waals surface area contributed by atoms with Crippen molar-refractivity contribution in [1.82, 2.24) is 9.97 Å². The minimum atomic E-state index is -4.57. The van der Waals surface area contributed by atoms with Crippen LogP contribution in [0.15, 0.2) is 36.7 Å². The molecule has 1 amide bonds. The number of β-amino-alcohol motifs (C(OH)–C–C–N with tert-alkyl or cyclic N) is 1. The molecule has 29 heavy (non-hydrogen) atoms. The average molecular weight is 420 g/mol. The van der Waals surface area contributed by atoms with Crippen LogP contribution in [0.1, 0.15) is 17.5 Å². The minimum absolute atomic E-state index is 0.0326. The Labute approximate surface area is 160 Å². The zero-order valence-electron chi connectivity index (χ0n) is 14.5. The summed E-state index contributed by atoms with van der Waals surface area (Å²) in [6.07, 6.45) is -8.93. The summed E-state index contributed by atoms with van der Waals surface area (Å²) < 4.78 is 75.7. The highest BCUT2D eigenvalue weighted by atomic mass is 19.4. The van der Waals surface area contributed by atoms with Gasteiger partial charge in [0.2, 0.25) is 5.91 Å². The first-order valence-corrected chi connectivity index (χ1v) is 8.27. The van der Waals surface area contributed by atoms with Crippen molar-refractivity contribution in [1.29, 1.82) is 0 Å². The van der Waals surface area contributed by atoms with Gasteiger partial charge in [-0.3, -0.25) is 4.79 Å². The molecule has 156 valence electrons. The van der Waals surface area contributed by atoms with Crippen LogP contribution < -0.4 is 10.2 Å². The molecule has 1 aliphatic rings. The maximum atomic E-state index is 12.7. The lowest BCUT2D eigenvalue weighted by Crippen LogP contribution is -2.40. The fourth-order valence-corrected chi connectivity index (χ4v) is 2.88. The average Bonchev–Trinajstić information content (AvgIpc) is 3.03. The highest BCUT2D eigenvalue weighted by molar-refractivity contribution is 5.96. The number of alkyl halides is 6. The molecule has 0 spiro atoms. The van der Waals surface area contributed by atoms with E-state index in [1.165, 1.54) is 4.90 Å². The standard InChI is InChI=1S/C17H14F6N4O2/c18-16(19,20)9-1-3-13(24-6-9)26-15(29)12-5-11(28)8-27(12)14-4-2-10(7-25-14)17(21,22)23/h1-4,6-7,11-12,28H,5,8H2,(H,24,26,29)/t11-,12-/m1/s1. The van der Waals surface area contributed by atoms with Crippen molar-refractivity contribution in [2.75, 3.05) is 16.8 Å². The molecule has 0 aliphatic carbocycles. The molecule has 0 bridgehead atoms. The second-order valence-electron chi connectivity index (χ2n) is 6.38. The number of hydrogen-bond acceptors (Lipinski definition) is 5. The number of hydrogen-bond donors (Lipinski definition) is 2. The van der Waals surface area contributed by atoms with Crippen LogP contribution in [-0.4, -0.2) is 39.7 Å². The number of aromatic nitrogens is 2. The second-order valence-corrected chi connectivity index (χ2v) is 6.38. The summed E-state index contributed by atoms with van der Waals surface area (Å²) in [5, 5.41) is 12.2. The number of nitrogens with one attached hydrogen (secondary N) is 1. The van der Waals surface area contributed by atoms with Gasteiger partial charge in [-0.05, 0) is 24.3 Å². The Morgan fingerprint density at radius 2 is 1.59 bits per heavy atom. The van der Waals surface area contributed by atoms with E-state index in [4.69, 9.17) is 0 Å². The number of aliphatic hydroxyl groups is 1. The number of anilines is 2. The van der Waals surface area contributed by atoms with Crippen LogP contribution in [0.2, 0.25) is 0 Å². The molecule has 1 saturated heterocycles. The van der Waals surface area contributed by atoms with Crippen LogP contribution in [0.5, 0.6) is 0 Å². The molecule has 0 aromatic carbocycles. The number of aliphatic hydroxyl groups excluding tert-OH is 1. The van der Waals surface area contributed by atoms with E-state index in [9.17, 15) is 36.2 Å². The van der Waals surface area contributed by atoms with Gasteiger partial charge in [0.05, 0.1) is 17.2 Å². The summed E-state index contributed by atoms with van der Waals surface area (Å²) in [5.74, 6) is -0.768. The van der Waals surface area contributed by atoms with Crippen molar-refractivity contribution < 1.29 is 36.2 Å². The molecule has 3 heterocycles. The lowest BCUT2D eigenvalue weighted by atomic mass is 10.2. The van der Waals surface area contributed by atoms with Gasteiger partial charge in [-0.1, -0.05) is 0 Å². The van der Waals surface area contributed by atoms with Gasteiger partial charge in [-0.25, -0.2) is 9.97 Å². The Bertz CT molecular complexity index is 867. The first-order chi connectivity index (χ1) is 13.4. The molecule has 2 aromatic rings. The Kier molecular flexibility index (Phi) is 5.39. The largest absolute Gasteiger partial charge is 0.417 e. The van der Waals surface area contributed by atoms with E-state index < -0.39 is 41.5 Å². The Morgan fingerprint density at radius 3 is 2.07 bits per heavy atom. The number of carbonyl (C=O) groups excluding carboxylic acids is 1. The van der Waals surface area contributed by atoms with Gasteiger partial charge >= 0.3 is 12.4 Å². The summed E-state index contributed by atoms with van der Waals surface area (Å²) in [4.78, 5) is 21.1. The van der Waals surface area contributed by atoms with Gasteiger partial charge < -0.3 is 15.3 Å². The van der Waals surface area contributed by atoms with Gasteiger partial charge in [0, 0.05) is 25.4 Å². The van der Waals surface area contributed by atoms with Crippen molar-refractivity contribution in [2.45, 2.75) is 30.9 Å². The fraction of sp³-hybridized carbons (Fsp3) is 0.353. The summed E-state index contributed by atoms with van der Waals surface area (Å²) in [5.41, 5.74) is -1.95. The van der Waals surface area contributed by atoms with Crippen LogP contribution in [-0.2, 0) is 17.1 Å². The van der Waals surface area contributed by atoms with Gasteiger partial charge in [0.25, 0.3) is 0 Å². The van der Waals surface area contributed by atoms with E-state index in [0.717, 1.165) is 24.3 Å². The van der Waals surface area contributed by atoms with Gasteiger partial charge in [0.15, 0.2) is 0 Å². The van der Waals surface area contributed by atoms with Crippen molar-refractivity contribution in [3.63, 3.8) is 0 Å². The SMILES string of the molecule is O=C(Nc1ccc(C(F)(F)F)cn1)[C@H]1C[C@@H](O)CN1c1ccc(C(F)(F)F)cn1. The minimum Gasteiger partial charge on any atom is -0.391 e. The number of halogens is 6. The zero-order valence-corrected chi connectivity index (χ0v) is 14.5. The van der Waals surface area contributed by atoms with E-state index in [-0.39, 0.29) is 24.6 Å². The molecular weight excluding hydrogens is 406 g/mol. The van der Waals surface area contributed by atoms with Crippen molar-refractivity contribution in [3.8, 4) is 0 Å². The third kappa shape index (κ3) is 4.75. The normalized spacial score (nSPS) is 20.0. The third-order valence-corrected chi connectivity index (χ3v) is 4.29. The summed E-state index contributed by atoms with van der Waals surface area (Å²) in [7, 11) is 0. The number of nitrogens with zero attached hydrogens (tertiary/aromatic N) is 3. The van der Waals surface area contributed by atoms with Crippen LogP contribution >= 0.6 is 0 Å². The van der Waals surface area contributed by atoms with Crippen LogP contribution in [0.25, 0.3) is 0 Å². The van der Waals surface area contributed by atoms with Crippen molar-refractivity contribution in [2.24, 2.45) is 0 Å². The first kappa shape index (κ1) is 20.8. The van der Waals surface area contributed by atoms with Gasteiger partial charge in [-0.15, -0.1) is 0 Å². The predicted molar refractivity (Wildman–Crippen MR) is 88.9 cm³/mol. The maximum Gasteiger partial charge on any atom is 0.417 e. The lowest BCUT2D eigenvalue weighted by molar-refractivity contribution is -0.138. The molecule has 1 fully saturated rings. The zero-order chi connectivity index (χ0) is 21.4. The van der Waals surface area contributed by atoms with Crippen LogP contribution in [0.4, 0.5) is 38.0 Å². The first-order valence-electron chi connectivity index (χ1n) is 8.27. The fourth-order valence-electron chi connectivity index (χ4n) is 2.88. The molecule has 0 unspecified atom stereocenters. The molecule has 2 N–H and O–H groups in total. The summed E-state index contributed by atoms with van der Waals surface area (Å²) in [6.45, 7) is -0.0448. The van der Waals surface area contributed by atoms with Crippen molar-refractivity contribution in [3.05, 3.63) is 47.8 Å². The van der Waals surface area contributed by atoms with E-state index >= 15 is 0 Å². The monoisotopic (exact) mass is 420 g/mol. The maximum absolute atomic E-state index is 12.7. The quantitative estimate of drug-likeness (QED) is 0.747. The van der Waals surface area contributed by atoms with E-state index in [1.54, 1.807) is 0 Å². The number of rotatable bonds is 3. The van der Waals surface area contributed by atoms with Crippen LogP contribution in [0.3, 0.4) is 0 Å². The molecule has 0 radical (unpaired) electrons. The second kappa shape index (κ2) is 7.50. The molecule has 2 aromatic heterocycles. The molecule has 12 heteroatoms. The van der Waals surface area contributed by atoms with E-state index in [0.29, 0.717) is 12.4 Å². The number of amides is 1. The molecule has 6 nitrogen and oxygen atoms in total. The van der Waals surface area contributed by atoms with E-state index in [2.05, 4.69) is 15.3 Å².